The van der Waals surface area contributed by atoms with Gasteiger partial charge < -0.3 is 11.1 Å². The molecule has 4 nitrogen and oxygen atoms in total. The smallest absolute Gasteiger partial charge is 0.276 e. The van der Waals surface area contributed by atoms with E-state index in [2.05, 4.69) is 10.3 Å². The topological polar surface area (TPSA) is 68.0 Å². The number of nitrogen functional groups attached to an aromatic ring is 1. The molecular formula is C11H8Cl3N3OS. The van der Waals surface area contributed by atoms with E-state index in [1.807, 2.05) is 11.4 Å². The van der Waals surface area contributed by atoms with Gasteiger partial charge in [-0.3, -0.25) is 4.79 Å². The lowest BCUT2D eigenvalue weighted by molar-refractivity contribution is -0.115. The third kappa shape index (κ3) is 3.73. The van der Waals surface area contributed by atoms with Gasteiger partial charge in [-0.1, -0.05) is 46.9 Å². The van der Waals surface area contributed by atoms with Gasteiger partial charge in [-0.15, -0.1) is 11.3 Å². The second-order valence-electron chi connectivity index (χ2n) is 3.60. The number of benzene rings is 1. The Hall–Kier alpha value is -1.01. The van der Waals surface area contributed by atoms with Crippen LogP contribution in [0.25, 0.3) is 11.3 Å². The van der Waals surface area contributed by atoms with Crippen LogP contribution in [-0.2, 0) is 4.79 Å². The number of rotatable bonds is 2. The van der Waals surface area contributed by atoms with Gasteiger partial charge in [0.15, 0.2) is 5.13 Å². The van der Waals surface area contributed by atoms with Gasteiger partial charge in [0.2, 0.25) is 0 Å². The number of anilines is 2. The zero-order valence-electron chi connectivity index (χ0n) is 9.36. The molecule has 0 unspecified atom stereocenters. The van der Waals surface area contributed by atoms with E-state index in [0.29, 0.717) is 10.8 Å². The second kappa shape index (κ2) is 5.54. The van der Waals surface area contributed by atoms with E-state index in [0.717, 1.165) is 11.3 Å². The van der Waals surface area contributed by atoms with Crippen molar-refractivity contribution < 1.29 is 4.79 Å². The first kappa shape index (κ1) is 14.4. The number of hydrogen-bond donors (Lipinski definition) is 2. The Morgan fingerprint density at radius 1 is 1.37 bits per heavy atom. The van der Waals surface area contributed by atoms with E-state index >= 15 is 0 Å². The zero-order valence-corrected chi connectivity index (χ0v) is 12.4. The van der Waals surface area contributed by atoms with Crippen LogP contribution >= 0.6 is 46.1 Å². The van der Waals surface area contributed by atoms with Crippen LogP contribution < -0.4 is 11.1 Å². The lowest BCUT2D eigenvalue weighted by atomic mass is 10.1. The minimum absolute atomic E-state index is 0.478. The van der Waals surface area contributed by atoms with Gasteiger partial charge in [-0.2, -0.15) is 0 Å². The number of halogens is 3. The summed E-state index contributed by atoms with van der Waals surface area (Å²) < 4.78 is -2.00. The van der Waals surface area contributed by atoms with Crippen molar-refractivity contribution in [3.8, 4) is 11.3 Å². The SMILES string of the molecule is Nc1nc(-c2cccc(NC(=O)C(Cl)(Cl)Cl)c2)cs1. The number of carbonyl (C=O) groups excluding carboxylic acids is 1. The molecule has 1 aromatic carbocycles. The molecule has 2 aromatic rings. The van der Waals surface area contributed by atoms with Gasteiger partial charge in [-0.05, 0) is 12.1 Å². The highest BCUT2D eigenvalue weighted by Crippen LogP contribution is 2.29. The maximum atomic E-state index is 11.5. The van der Waals surface area contributed by atoms with Crippen molar-refractivity contribution in [2.45, 2.75) is 3.79 Å². The molecule has 0 radical (unpaired) electrons. The Morgan fingerprint density at radius 2 is 2.11 bits per heavy atom. The summed E-state index contributed by atoms with van der Waals surface area (Å²) in [7, 11) is 0. The second-order valence-corrected chi connectivity index (χ2v) is 6.77. The van der Waals surface area contributed by atoms with Crippen LogP contribution in [0.1, 0.15) is 0 Å². The van der Waals surface area contributed by atoms with Crippen molar-refractivity contribution in [1.29, 1.82) is 0 Å². The molecule has 0 fully saturated rings. The molecule has 0 bridgehead atoms. The molecule has 1 aromatic heterocycles. The summed E-state index contributed by atoms with van der Waals surface area (Å²) in [6.45, 7) is 0. The molecule has 0 aliphatic heterocycles. The van der Waals surface area contributed by atoms with Crippen LogP contribution in [0, 0.1) is 0 Å². The number of thiazole rings is 1. The van der Waals surface area contributed by atoms with Crippen molar-refractivity contribution in [2.75, 3.05) is 11.1 Å². The molecule has 8 heteroatoms. The van der Waals surface area contributed by atoms with Crippen molar-refractivity contribution in [3.63, 3.8) is 0 Å². The first-order valence-corrected chi connectivity index (χ1v) is 7.07. The predicted molar refractivity (Wildman–Crippen MR) is 80.9 cm³/mol. The summed E-state index contributed by atoms with van der Waals surface area (Å²) in [5, 5.41) is 4.81. The minimum atomic E-state index is -2.00. The summed E-state index contributed by atoms with van der Waals surface area (Å²) in [6.07, 6.45) is 0. The highest BCUT2D eigenvalue weighted by Gasteiger charge is 2.30. The van der Waals surface area contributed by atoms with Crippen molar-refractivity contribution >= 4 is 62.9 Å². The summed E-state index contributed by atoms with van der Waals surface area (Å²) in [6, 6.07) is 7.02. The molecule has 0 atom stereocenters. The number of carbonyl (C=O) groups is 1. The van der Waals surface area contributed by atoms with E-state index in [4.69, 9.17) is 40.5 Å². The van der Waals surface area contributed by atoms with Gasteiger partial charge >= 0.3 is 0 Å². The maximum Gasteiger partial charge on any atom is 0.276 e. The molecule has 0 saturated carbocycles. The fourth-order valence-electron chi connectivity index (χ4n) is 1.38. The summed E-state index contributed by atoms with van der Waals surface area (Å²) in [5.41, 5.74) is 7.64. The van der Waals surface area contributed by atoms with Crippen LogP contribution in [0.5, 0.6) is 0 Å². The first-order chi connectivity index (χ1) is 8.86. The first-order valence-electron chi connectivity index (χ1n) is 5.06. The third-order valence-electron chi connectivity index (χ3n) is 2.20. The van der Waals surface area contributed by atoms with Gasteiger partial charge in [0, 0.05) is 16.6 Å². The van der Waals surface area contributed by atoms with Crippen molar-refractivity contribution in [2.24, 2.45) is 0 Å². The summed E-state index contributed by atoms with van der Waals surface area (Å²) in [4.78, 5) is 15.7. The number of hydrogen-bond acceptors (Lipinski definition) is 4. The maximum absolute atomic E-state index is 11.5. The summed E-state index contributed by atoms with van der Waals surface area (Å²) in [5.74, 6) is -0.715. The molecule has 0 aliphatic rings. The highest BCUT2D eigenvalue weighted by molar-refractivity contribution is 7.13. The van der Waals surface area contributed by atoms with Gasteiger partial charge in [-0.25, -0.2) is 4.98 Å². The number of aromatic nitrogens is 1. The fourth-order valence-corrected chi connectivity index (χ4v) is 2.09. The minimum Gasteiger partial charge on any atom is -0.375 e. The molecule has 100 valence electrons. The Balaban J connectivity index is 2.23. The van der Waals surface area contributed by atoms with Crippen LogP contribution in [0.4, 0.5) is 10.8 Å². The molecule has 19 heavy (non-hydrogen) atoms. The molecule has 0 saturated heterocycles. The van der Waals surface area contributed by atoms with E-state index in [1.54, 1.807) is 18.2 Å². The number of nitrogens with one attached hydrogen (secondary N) is 1. The van der Waals surface area contributed by atoms with Crippen LogP contribution in [0.3, 0.4) is 0 Å². The molecule has 1 amide bonds. The predicted octanol–water partition coefficient (Wildman–Crippen LogP) is 3.70. The Labute approximate surface area is 128 Å². The number of amides is 1. The lowest BCUT2D eigenvalue weighted by Gasteiger charge is -2.11. The molecule has 2 rings (SSSR count). The average molecular weight is 337 g/mol. The largest absolute Gasteiger partial charge is 0.375 e. The average Bonchev–Trinajstić information content (AvgIpc) is 2.75. The number of alkyl halides is 3. The normalized spacial score (nSPS) is 11.3. The van der Waals surface area contributed by atoms with Gasteiger partial charge in [0.25, 0.3) is 9.70 Å². The zero-order chi connectivity index (χ0) is 14.0. The Bertz CT molecular complexity index is 609. The van der Waals surface area contributed by atoms with E-state index < -0.39 is 9.70 Å². The highest BCUT2D eigenvalue weighted by atomic mass is 35.6. The molecular weight excluding hydrogens is 329 g/mol. The lowest BCUT2D eigenvalue weighted by Crippen LogP contribution is -2.26. The summed E-state index contributed by atoms with van der Waals surface area (Å²) >= 11 is 17.8. The quantitative estimate of drug-likeness (QED) is 0.822. The van der Waals surface area contributed by atoms with Crippen molar-refractivity contribution in [1.82, 2.24) is 4.98 Å². The van der Waals surface area contributed by atoms with Crippen LogP contribution in [0.15, 0.2) is 29.6 Å². The number of nitrogens with two attached hydrogens (primary N) is 1. The molecule has 0 aliphatic carbocycles. The van der Waals surface area contributed by atoms with Gasteiger partial charge in [0.05, 0.1) is 5.69 Å². The van der Waals surface area contributed by atoms with Crippen LogP contribution in [-0.4, -0.2) is 14.7 Å². The molecule has 3 N–H and O–H groups in total. The number of nitrogens with zero attached hydrogens (tertiary/aromatic N) is 1. The van der Waals surface area contributed by atoms with Gasteiger partial charge in [0.1, 0.15) is 0 Å². The van der Waals surface area contributed by atoms with Crippen LogP contribution in [0.2, 0.25) is 0 Å². The van der Waals surface area contributed by atoms with E-state index in [1.165, 1.54) is 11.3 Å². The van der Waals surface area contributed by atoms with E-state index in [-0.39, 0.29) is 0 Å². The molecule has 1 heterocycles. The third-order valence-corrected chi connectivity index (χ3v) is 3.38. The fraction of sp³-hybridized carbons (Fsp3) is 0.0909. The van der Waals surface area contributed by atoms with E-state index in [9.17, 15) is 4.79 Å². The standard InChI is InChI=1S/C11H8Cl3N3OS/c12-11(13,14)9(18)16-7-3-1-2-6(4-7)8-5-19-10(15)17-8/h1-5H,(H2,15,17)(H,16,18). The Kier molecular flexibility index (Phi) is 4.20. The molecule has 0 spiro atoms. The monoisotopic (exact) mass is 335 g/mol. The Morgan fingerprint density at radius 3 is 2.68 bits per heavy atom. The van der Waals surface area contributed by atoms with Crippen molar-refractivity contribution in [3.05, 3.63) is 29.6 Å².